The summed E-state index contributed by atoms with van der Waals surface area (Å²) in [4.78, 5) is 22.2. The lowest BCUT2D eigenvalue weighted by Crippen LogP contribution is -2.51. The highest BCUT2D eigenvalue weighted by molar-refractivity contribution is 5.77. The number of hydrogen-bond donors (Lipinski definition) is 1. The number of carbonyl (C=O) groups excluding carboxylic acids is 1. The Morgan fingerprint density at radius 1 is 1.55 bits per heavy atom. The van der Waals surface area contributed by atoms with Crippen molar-refractivity contribution in [3.05, 3.63) is 18.5 Å². The Morgan fingerprint density at radius 2 is 2.36 bits per heavy atom. The van der Waals surface area contributed by atoms with E-state index >= 15 is 0 Å². The number of methoxy groups -OCH3 is 1. The summed E-state index contributed by atoms with van der Waals surface area (Å²) < 4.78 is 11.0. The second-order valence-corrected chi connectivity index (χ2v) is 5.96. The van der Waals surface area contributed by atoms with Gasteiger partial charge in [0.25, 0.3) is 0 Å². The number of piperidine rings is 1. The molecule has 7 nitrogen and oxygen atoms in total. The van der Waals surface area contributed by atoms with Crippen molar-refractivity contribution in [2.75, 3.05) is 38.7 Å². The summed E-state index contributed by atoms with van der Waals surface area (Å²) in [6, 6.07) is 1.97. The summed E-state index contributed by atoms with van der Waals surface area (Å²) in [5.74, 6) is 0.657. The van der Waals surface area contributed by atoms with E-state index < -0.39 is 0 Å². The smallest absolute Gasteiger partial charge is 0.248 e. The third-order valence-corrected chi connectivity index (χ3v) is 4.27. The molecule has 7 heteroatoms. The Balaban J connectivity index is 1.59. The van der Waals surface area contributed by atoms with E-state index in [9.17, 15) is 4.79 Å². The number of likely N-dealkylation sites (tertiary alicyclic amines) is 1. The molecule has 0 aliphatic carbocycles. The number of nitrogens with zero attached hydrogens (tertiary/aromatic N) is 3. The van der Waals surface area contributed by atoms with Crippen molar-refractivity contribution in [3.63, 3.8) is 0 Å². The lowest BCUT2D eigenvalue weighted by Gasteiger charge is -2.39. The first-order valence-electron chi connectivity index (χ1n) is 7.65. The molecule has 2 saturated heterocycles. The predicted molar refractivity (Wildman–Crippen MR) is 80.4 cm³/mol. The molecule has 0 bridgehead atoms. The third kappa shape index (κ3) is 3.36. The van der Waals surface area contributed by atoms with Crippen molar-refractivity contribution < 1.29 is 14.3 Å². The van der Waals surface area contributed by atoms with Crippen LogP contribution in [0.3, 0.4) is 0 Å². The molecule has 3 heterocycles. The molecular formula is C15H22N4O3. The molecule has 2 aliphatic rings. The van der Waals surface area contributed by atoms with Crippen LogP contribution in [0.4, 0.5) is 5.95 Å². The molecule has 0 saturated carbocycles. The standard InChI is InChI=1S/C15H22N4O3/c1-21-10-13(20)19-7-2-4-15(11-19)8-12(9-22-15)18-14-16-5-3-6-17-14/h3,5-6,12H,2,4,7-11H2,1H3,(H,16,17,18)/t12-,15-/m1/s1. The zero-order valence-corrected chi connectivity index (χ0v) is 12.8. The molecule has 2 aliphatic heterocycles. The maximum absolute atomic E-state index is 12.0. The molecule has 1 N–H and O–H groups in total. The zero-order valence-electron chi connectivity index (χ0n) is 12.8. The van der Waals surface area contributed by atoms with E-state index in [1.54, 1.807) is 25.6 Å². The van der Waals surface area contributed by atoms with Gasteiger partial charge in [-0.3, -0.25) is 4.79 Å². The number of nitrogens with one attached hydrogen (secondary N) is 1. The number of ether oxygens (including phenoxy) is 2. The van der Waals surface area contributed by atoms with Crippen LogP contribution in [0.5, 0.6) is 0 Å². The zero-order chi connectivity index (χ0) is 15.4. The van der Waals surface area contributed by atoms with E-state index in [1.165, 1.54) is 0 Å². The van der Waals surface area contributed by atoms with Gasteiger partial charge in [-0.25, -0.2) is 9.97 Å². The van der Waals surface area contributed by atoms with Gasteiger partial charge in [-0.15, -0.1) is 0 Å². The van der Waals surface area contributed by atoms with Crippen LogP contribution >= 0.6 is 0 Å². The van der Waals surface area contributed by atoms with Gasteiger partial charge in [-0.1, -0.05) is 0 Å². The van der Waals surface area contributed by atoms with Crippen molar-refractivity contribution in [2.45, 2.75) is 30.9 Å². The second-order valence-electron chi connectivity index (χ2n) is 5.96. The van der Waals surface area contributed by atoms with Gasteiger partial charge in [0.1, 0.15) is 6.61 Å². The van der Waals surface area contributed by atoms with Gasteiger partial charge in [0.05, 0.1) is 18.2 Å². The minimum absolute atomic E-state index is 0.0352. The number of hydrogen-bond acceptors (Lipinski definition) is 6. The number of carbonyl (C=O) groups is 1. The molecule has 2 atom stereocenters. The molecule has 22 heavy (non-hydrogen) atoms. The van der Waals surface area contributed by atoms with Crippen molar-refractivity contribution in [1.29, 1.82) is 0 Å². The Hall–Kier alpha value is -1.73. The van der Waals surface area contributed by atoms with Crippen LogP contribution in [-0.2, 0) is 14.3 Å². The van der Waals surface area contributed by atoms with Gasteiger partial charge in [0, 0.05) is 39.0 Å². The summed E-state index contributed by atoms with van der Waals surface area (Å²) in [6.07, 6.45) is 6.24. The SMILES string of the molecule is COCC(=O)N1CCC[C@@]2(C[C@@H](Nc3ncccn3)CO2)C1. The van der Waals surface area contributed by atoms with Crippen LogP contribution in [0.15, 0.2) is 18.5 Å². The Labute approximate surface area is 130 Å². The van der Waals surface area contributed by atoms with E-state index in [4.69, 9.17) is 9.47 Å². The van der Waals surface area contributed by atoms with Crippen molar-refractivity contribution in [1.82, 2.24) is 14.9 Å². The Kier molecular flexibility index (Phi) is 4.54. The van der Waals surface area contributed by atoms with E-state index in [2.05, 4.69) is 15.3 Å². The number of amides is 1. The minimum Gasteiger partial charge on any atom is -0.375 e. The molecule has 0 aromatic carbocycles. The second kappa shape index (κ2) is 6.58. The summed E-state index contributed by atoms with van der Waals surface area (Å²) in [6.45, 7) is 2.18. The van der Waals surface area contributed by atoms with Gasteiger partial charge in [-0.2, -0.15) is 0 Å². The predicted octanol–water partition coefficient (Wildman–Crippen LogP) is 0.685. The fourth-order valence-electron chi connectivity index (χ4n) is 3.30. The average Bonchev–Trinajstić information content (AvgIpc) is 2.90. The first-order valence-corrected chi connectivity index (χ1v) is 7.65. The van der Waals surface area contributed by atoms with E-state index in [0.717, 1.165) is 25.8 Å². The molecular weight excluding hydrogens is 284 g/mol. The number of aromatic nitrogens is 2. The Bertz CT molecular complexity index is 513. The minimum atomic E-state index is -0.242. The van der Waals surface area contributed by atoms with Gasteiger partial charge in [-0.05, 0) is 18.9 Å². The van der Waals surface area contributed by atoms with Crippen LogP contribution in [0, 0.1) is 0 Å². The average molecular weight is 306 g/mol. The lowest BCUT2D eigenvalue weighted by atomic mass is 9.88. The largest absolute Gasteiger partial charge is 0.375 e. The molecule has 1 spiro atoms. The van der Waals surface area contributed by atoms with Crippen LogP contribution in [0.2, 0.25) is 0 Å². The van der Waals surface area contributed by atoms with Crippen LogP contribution < -0.4 is 5.32 Å². The third-order valence-electron chi connectivity index (χ3n) is 4.27. The monoisotopic (exact) mass is 306 g/mol. The summed E-state index contributed by atoms with van der Waals surface area (Å²) in [5, 5.41) is 3.31. The number of rotatable bonds is 4. The van der Waals surface area contributed by atoms with Gasteiger partial charge < -0.3 is 19.7 Å². The van der Waals surface area contributed by atoms with Gasteiger partial charge >= 0.3 is 0 Å². The number of anilines is 1. The maximum Gasteiger partial charge on any atom is 0.248 e. The van der Waals surface area contributed by atoms with Crippen molar-refractivity contribution >= 4 is 11.9 Å². The van der Waals surface area contributed by atoms with Crippen molar-refractivity contribution in [2.24, 2.45) is 0 Å². The topological polar surface area (TPSA) is 76.6 Å². The molecule has 1 aromatic heterocycles. The summed E-state index contributed by atoms with van der Waals surface area (Å²) in [5.41, 5.74) is -0.242. The van der Waals surface area contributed by atoms with Crippen LogP contribution in [-0.4, -0.2) is 65.8 Å². The van der Waals surface area contributed by atoms with E-state index in [-0.39, 0.29) is 24.2 Å². The molecule has 120 valence electrons. The molecule has 1 amide bonds. The molecule has 0 unspecified atom stereocenters. The molecule has 0 radical (unpaired) electrons. The highest BCUT2D eigenvalue weighted by Crippen LogP contribution is 2.35. The first-order chi connectivity index (χ1) is 10.7. The summed E-state index contributed by atoms with van der Waals surface area (Å²) in [7, 11) is 1.55. The highest BCUT2D eigenvalue weighted by atomic mass is 16.5. The normalized spacial score (nSPS) is 28.0. The quantitative estimate of drug-likeness (QED) is 0.882. The van der Waals surface area contributed by atoms with E-state index in [0.29, 0.717) is 19.1 Å². The molecule has 3 rings (SSSR count). The van der Waals surface area contributed by atoms with Crippen LogP contribution in [0.1, 0.15) is 19.3 Å². The lowest BCUT2D eigenvalue weighted by molar-refractivity contribution is -0.143. The maximum atomic E-state index is 12.0. The Morgan fingerprint density at radius 3 is 3.14 bits per heavy atom. The van der Waals surface area contributed by atoms with Crippen molar-refractivity contribution in [3.8, 4) is 0 Å². The van der Waals surface area contributed by atoms with Gasteiger partial charge in [0.2, 0.25) is 11.9 Å². The molecule has 1 aromatic rings. The summed E-state index contributed by atoms with van der Waals surface area (Å²) >= 11 is 0. The first kappa shape index (κ1) is 15.2. The van der Waals surface area contributed by atoms with Gasteiger partial charge in [0.15, 0.2) is 0 Å². The fourth-order valence-corrected chi connectivity index (χ4v) is 3.30. The fraction of sp³-hybridized carbons (Fsp3) is 0.667. The molecule has 2 fully saturated rings. The van der Waals surface area contributed by atoms with Crippen LogP contribution in [0.25, 0.3) is 0 Å². The highest BCUT2D eigenvalue weighted by Gasteiger charge is 2.44. The van der Waals surface area contributed by atoms with E-state index in [1.807, 2.05) is 4.90 Å².